The van der Waals surface area contributed by atoms with Gasteiger partial charge in [-0.25, -0.2) is 9.97 Å². The molecule has 0 unspecified atom stereocenters. The summed E-state index contributed by atoms with van der Waals surface area (Å²) in [5.74, 6) is -0.687. The molecule has 2 rings (SSSR count). The number of amides is 2. The SMILES string of the molecule is C[N+](C)(CCCNC(=O)c1ccc(Cl)cc1)CCNC(=O)c1nc(Cl)c(N)nc1N.[Br-]. The highest BCUT2D eigenvalue weighted by Gasteiger charge is 2.18. The van der Waals surface area contributed by atoms with Crippen LogP contribution in [0.15, 0.2) is 24.3 Å². The molecule has 1 aromatic carbocycles. The Kier molecular flexibility index (Phi) is 10.4. The number of carbonyl (C=O) groups is 2. The lowest BCUT2D eigenvalue weighted by molar-refractivity contribution is -0.889. The largest absolute Gasteiger partial charge is 1.00 e. The molecular formula is C19H26BrCl2N7O2. The molecule has 12 heteroatoms. The number of nitrogen functional groups attached to an aromatic ring is 2. The first-order chi connectivity index (χ1) is 14.1. The third kappa shape index (κ3) is 8.48. The number of benzene rings is 1. The normalized spacial score (nSPS) is 10.8. The number of hydrogen-bond acceptors (Lipinski definition) is 6. The number of hydrogen-bond donors (Lipinski definition) is 4. The van der Waals surface area contributed by atoms with Gasteiger partial charge >= 0.3 is 0 Å². The van der Waals surface area contributed by atoms with E-state index in [4.69, 9.17) is 34.7 Å². The molecule has 1 heterocycles. The van der Waals surface area contributed by atoms with Crippen LogP contribution in [0.25, 0.3) is 0 Å². The van der Waals surface area contributed by atoms with E-state index in [1.165, 1.54) is 0 Å². The second kappa shape index (κ2) is 12.0. The van der Waals surface area contributed by atoms with Crippen molar-refractivity contribution in [1.82, 2.24) is 20.6 Å². The zero-order valence-corrected chi connectivity index (χ0v) is 20.4. The van der Waals surface area contributed by atoms with Crippen LogP contribution in [-0.2, 0) is 0 Å². The number of nitrogens with zero attached hydrogens (tertiary/aromatic N) is 3. The number of aromatic nitrogens is 2. The highest BCUT2D eigenvalue weighted by Crippen LogP contribution is 2.17. The standard InChI is InChI=1S/C19H25Cl2N7O2.BrH/c1-28(2,10-3-8-24-18(29)12-4-6-13(20)7-5-12)11-9-25-19(30)14-16(22)27-17(23)15(21)26-14;/h4-7H,3,8-11H2,1-2H3,(H5-,22,23,24,25,27,29,30);1H. The maximum Gasteiger partial charge on any atom is 0.273 e. The second-order valence-corrected chi connectivity index (χ2v) is 8.18. The van der Waals surface area contributed by atoms with Crippen LogP contribution in [0.4, 0.5) is 11.6 Å². The fourth-order valence-electron chi connectivity index (χ4n) is 2.69. The van der Waals surface area contributed by atoms with Gasteiger partial charge in [-0.2, -0.15) is 0 Å². The van der Waals surface area contributed by atoms with E-state index in [2.05, 4.69) is 20.6 Å². The molecule has 0 aliphatic rings. The van der Waals surface area contributed by atoms with Crippen LogP contribution in [0.2, 0.25) is 10.2 Å². The van der Waals surface area contributed by atoms with Crippen LogP contribution in [0, 0.1) is 0 Å². The molecule has 1 aromatic heterocycles. The fourth-order valence-corrected chi connectivity index (χ4v) is 2.94. The summed E-state index contributed by atoms with van der Waals surface area (Å²) in [7, 11) is 4.09. The number of carbonyl (C=O) groups excluding carboxylic acids is 2. The van der Waals surface area contributed by atoms with Gasteiger partial charge in [-0.15, -0.1) is 0 Å². The zero-order valence-electron chi connectivity index (χ0n) is 17.3. The number of quaternary nitrogens is 1. The molecule has 0 aliphatic carbocycles. The van der Waals surface area contributed by atoms with Crippen LogP contribution in [0.1, 0.15) is 27.3 Å². The monoisotopic (exact) mass is 533 g/mol. The van der Waals surface area contributed by atoms with Crippen molar-refractivity contribution in [3.63, 3.8) is 0 Å². The van der Waals surface area contributed by atoms with Gasteiger partial charge in [-0.3, -0.25) is 9.59 Å². The first-order valence-electron chi connectivity index (χ1n) is 9.31. The van der Waals surface area contributed by atoms with E-state index in [9.17, 15) is 9.59 Å². The van der Waals surface area contributed by atoms with Crippen molar-refractivity contribution in [1.29, 1.82) is 0 Å². The molecule has 31 heavy (non-hydrogen) atoms. The Balaban J connectivity index is 0.00000480. The predicted molar refractivity (Wildman–Crippen MR) is 118 cm³/mol. The first kappa shape index (κ1) is 26.9. The Morgan fingerprint density at radius 3 is 2.19 bits per heavy atom. The summed E-state index contributed by atoms with van der Waals surface area (Å²) in [6.07, 6.45) is 0.784. The van der Waals surface area contributed by atoms with Crippen LogP contribution in [0.3, 0.4) is 0 Å². The Morgan fingerprint density at radius 2 is 1.55 bits per heavy atom. The highest BCUT2D eigenvalue weighted by atomic mass is 79.9. The predicted octanol–water partition coefficient (Wildman–Crippen LogP) is -1.42. The second-order valence-electron chi connectivity index (χ2n) is 7.39. The van der Waals surface area contributed by atoms with Crippen LogP contribution in [0.5, 0.6) is 0 Å². The average molecular weight is 535 g/mol. The molecule has 6 N–H and O–H groups in total. The molecule has 0 saturated heterocycles. The molecule has 170 valence electrons. The topological polar surface area (TPSA) is 136 Å². The number of nitrogens with two attached hydrogens (primary N) is 2. The minimum Gasteiger partial charge on any atom is -1.00 e. The minimum absolute atomic E-state index is 0. The molecule has 9 nitrogen and oxygen atoms in total. The van der Waals surface area contributed by atoms with E-state index in [1.807, 2.05) is 14.1 Å². The number of halogens is 3. The van der Waals surface area contributed by atoms with E-state index < -0.39 is 5.91 Å². The van der Waals surface area contributed by atoms with E-state index in [0.29, 0.717) is 34.7 Å². The first-order valence-corrected chi connectivity index (χ1v) is 10.1. The summed E-state index contributed by atoms with van der Waals surface area (Å²) in [4.78, 5) is 32.0. The van der Waals surface area contributed by atoms with Crippen LogP contribution < -0.4 is 39.1 Å². The van der Waals surface area contributed by atoms with Crippen molar-refractivity contribution in [2.24, 2.45) is 0 Å². The van der Waals surface area contributed by atoms with Crippen LogP contribution >= 0.6 is 23.2 Å². The molecule has 0 saturated carbocycles. The van der Waals surface area contributed by atoms with Gasteiger partial charge in [0.15, 0.2) is 22.5 Å². The summed E-state index contributed by atoms with van der Waals surface area (Å²) in [6, 6.07) is 6.74. The maximum atomic E-state index is 12.3. The molecule has 0 atom stereocenters. The van der Waals surface area contributed by atoms with Gasteiger partial charge in [0.05, 0.1) is 33.7 Å². The molecular weight excluding hydrogens is 509 g/mol. The molecule has 2 amide bonds. The lowest BCUT2D eigenvalue weighted by Gasteiger charge is -2.30. The van der Waals surface area contributed by atoms with Gasteiger partial charge in [-0.1, -0.05) is 23.2 Å². The average Bonchev–Trinajstić information content (AvgIpc) is 2.68. The van der Waals surface area contributed by atoms with Crippen molar-refractivity contribution in [3.05, 3.63) is 45.7 Å². The molecule has 0 radical (unpaired) electrons. The quantitative estimate of drug-likeness (QED) is 0.230. The van der Waals surface area contributed by atoms with Gasteiger partial charge < -0.3 is 43.6 Å². The number of likely N-dealkylation sites (N-methyl/N-ethyl adjacent to an activating group) is 1. The third-order valence-corrected chi connectivity index (χ3v) is 4.98. The summed E-state index contributed by atoms with van der Waals surface area (Å²) < 4.78 is 0.654. The van der Waals surface area contributed by atoms with Gasteiger partial charge in [0.2, 0.25) is 0 Å². The molecule has 0 fully saturated rings. The van der Waals surface area contributed by atoms with Crippen LogP contribution in [-0.4, -0.2) is 66.5 Å². The smallest absolute Gasteiger partial charge is 0.273 e. The Labute approximate surface area is 201 Å². The van der Waals surface area contributed by atoms with Crippen molar-refractivity contribution in [3.8, 4) is 0 Å². The van der Waals surface area contributed by atoms with Gasteiger partial charge in [-0.05, 0) is 24.3 Å². The summed E-state index contributed by atoms with van der Waals surface area (Å²) >= 11 is 11.6. The molecule has 0 aliphatic heterocycles. The van der Waals surface area contributed by atoms with Gasteiger partial charge in [0.1, 0.15) is 0 Å². The number of nitrogens with one attached hydrogen (secondary N) is 2. The van der Waals surface area contributed by atoms with Crippen molar-refractivity contribution in [2.45, 2.75) is 6.42 Å². The third-order valence-electron chi connectivity index (χ3n) is 4.45. The van der Waals surface area contributed by atoms with E-state index >= 15 is 0 Å². The van der Waals surface area contributed by atoms with Gasteiger partial charge in [0, 0.05) is 23.6 Å². The minimum atomic E-state index is -0.461. The maximum absolute atomic E-state index is 12.3. The molecule has 0 spiro atoms. The van der Waals surface area contributed by atoms with E-state index in [0.717, 1.165) is 13.0 Å². The highest BCUT2D eigenvalue weighted by molar-refractivity contribution is 6.31. The Bertz CT molecular complexity index is 911. The fraction of sp³-hybridized carbons (Fsp3) is 0.368. The van der Waals surface area contributed by atoms with Crippen molar-refractivity contribution in [2.75, 3.05) is 51.7 Å². The van der Waals surface area contributed by atoms with Crippen molar-refractivity contribution >= 4 is 46.7 Å². The number of anilines is 2. The van der Waals surface area contributed by atoms with Gasteiger partial charge in [0.25, 0.3) is 11.8 Å². The summed E-state index contributed by atoms with van der Waals surface area (Å²) in [5.41, 5.74) is 11.7. The lowest BCUT2D eigenvalue weighted by Crippen LogP contribution is -3.00. The van der Waals surface area contributed by atoms with Crippen molar-refractivity contribution < 1.29 is 31.1 Å². The van der Waals surface area contributed by atoms with E-state index in [-0.39, 0.29) is 45.4 Å². The Morgan fingerprint density at radius 1 is 0.935 bits per heavy atom. The molecule has 2 aromatic rings. The number of rotatable bonds is 9. The zero-order chi connectivity index (χ0) is 22.3. The lowest BCUT2D eigenvalue weighted by atomic mass is 10.2. The van der Waals surface area contributed by atoms with E-state index in [1.54, 1.807) is 24.3 Å². The summed E-state index contributed by atoms with van der Waals surface area (Å²) in [6.45, 7) is 2.44. The molecule has 0 bridgehead atoms. The summed E-state index contributed by atoms with van der Waals surface area (Å²) in [5, 5.41) is 6.18. The Hall–Kier alpha value is -2.14.